The summed E-state index contributed by atoms with van der Waals surface area (Å²) in [6.07, 6.45) is 7.81. The van der Waals surface area contributed by atoms with E-state index in [4.69, 9.17) is 0 Å². The minimum atomic E-state index is 0.891. The van der Waals surface area contributed by atoms with E-state index in [1.54, 1.807) is 0 Å². The maximum Gasteiger partial charge on any atom is -0.0250 e. The van der Waals surface area contributed by atoms with Gasteiger partial charge in [-0.25, -0.2) is 0 Å². The molecule has 0 fully saturated rings. The Morgan fingerprint density at radius 2 is 1.31 bits per heavy atom. The number of aryl methyl sites for hydroxylation is 1. The molecule has 0 saturated heterocycles. The van der Waals surface area contributed by atoms with E-state index in [1.807, 2.05) is 0 Å². The Hall–Kier alpha value is -0.780. The minimum absolute atomic E-state index is 0.891. The molecule has 0 N–H and O–H groups in total. The van der Waals surface area contributed by atoms with Gasteiger partial charge in [-0.05, 0) is 29.9 Å². The molecule has 0 aliphatic heterocycles. The minimum Gasteiger partial charge on any atom is -0.0654 e. The highest BCUT2D eigenvalue weighted by molar-refractivity contribution is 5.22. The van der Waals surface area contributed by atoms with Crippen molar-refractivity contribution in [3.63, 3.8) is 0 Å². The standard InChI is InChI=1S/C16H26/c1-4-7-15(8-5-2)13-16-11-9-14(6-3)10-12-16/h9-12,15H,4-8,13H2,1-3H3. The van der Waals surface area contributed by atoms with Crippen molar-refractivity contribution < 1.29 is 0 Å². The third kappa shape index (κ3) is 4.38. The van der Waals surface area contributed by atoms with Gasteiger partial charge in [0.2, 0.25) is 0 Å². The van der Waals surface area contributed by atoms with E-state index in [-0.39, 0.29) is 0 Å². The summed E-state index contributed by atoms with van der Waals surface area (Å²) in [6.45, 7) is 6.80. The molecule has 0 aliphatic rings. The fourth-order valence-electron chi connectivity index (χ4n) is 2.41. The highest BCUT2D eigenvalue weighted by atomic mass is 14.1. The first-order valence-electron chi connectivity index (χ1n) is 6.87. The van der Waals surface area contributed by atoms with Crippen molar-refractivity contribution in [3.05, 3.63) is 35.4 Å². The van der Waals surface area contributed by atoms with Crippen molar-refractivity contribution in [2.24, 2.45) is 5.92 Å². The van der Waals surface area contributed by atoms with Crippen molar-refractivity contribution in [1.29, 1.82) is 0 Å². The summed E-state index contributed by atoms with van der Waals surface area (Å²) >= 11 is 0. The summed E-state index contributed by atoms with van der Waals surface area (Å²) in [4.78, 5) is 0. The lowest BCUT2D eigenvalue weighted by atomic mass is 9.91. The van der Waals surface area contributed by atoms with Crippen LogP contribution in [0.25, 0.3) is 0 Å². The van der Waals surface area contributed by atoms with Gasteiger partial charge < -0.3 is 0 Å². The van der Waals surface area contributed by atoms with Gasteiger partial charge in [0.25, 0.3) is 0 Å². The van der Waals surface area contributed by atoms with E-state index in [9.17, 15) is 0 Å². The van der Waals surface area contributed by atoms with Crippen LogP contribution in [0, 0.1) is 5.92 Å². The molecule has 0 aliphatic carbocycles. The van der Waals surface area contributed by atoms with E-state index in [1.165, 1.54) is 43.2 Å². The molecule has 1 rings (SSSR count). The monoisotopic (exact) mass is 218 g/mol. The van der Waals surface area contributed by atoms with Crippen molar-refractivity contribution in [2.75, 3.05) is 0 Å². The van der Waals surface area contributed by atoms with Crippen molar-refractivity contribution >= 4 is 0 Å². The molecule has 0 bridgehead atoms. The first-order chi connectivity index (χ1) is 7.80. The lowest BCUT2D eigenvalue weighted by Crippen LogP contribution is -2.04. The molecule has 0 aromatic heterocycles. The molecule has 0 heteroatoms. The normalized spacial score (nSPS) is 11.0. The molecule has 0 atom stereocenters. The van der Waals surface area contributed by atoms with Crippen LogP contribution >= 0.6 is 0 Å². The molecule has 0 unspecified atom stereocenters. The van der Waals surface area contributed by atoms with Crippen LogP contribution in [0.3, 0.4) is 0 Å². The summed E-state index contributed by atoms with van der Waals surface area (Å²) in [7, 11) is 0. The van der Waals surface area contributed by atoms with Crippen LogP contribution in [0.5, 0.6) is 0 Å². The van der Waals surface area contributed by atoms with Gasteiger partial charge in [-0.1, -0.05) is 70.7 Å². The molecule has 1 aromatic rings. The second-order valence-corrected chi connectivity index (χ2v) is 4.82. The van der Waals surface area contributed by atoms with Gasteiger partial charge in [-0.2, -0.15) is 0 Å². The van der Waals surface area contributed by atoms with Crippen molar-refractivity contribution in [2.45, 2.75) is 59.3 Å². The Labute approximate surface area is 101 Å². The lowest BCUT2D eigenvalue weighted by molar-refractivity contribution is 0.438. The summed E-state index contributed by atoms with van der Waals surface area (Å²) < 4.78 is 0. The third-order valence-electron chi connectivity index (χ3n) is 3.35. The summed E-state index contributed by atoms with van der Waals surface area (Å²) in [5.74, 6) is 0.891. The van der Waals surface area contributed by atoms with Crippen molar-refractivity contribution in [3.8, 4) is 0 Å². The Kier molecular flexibility index (Phi) is 6.22. The summed E-state index contributed by atoms with van der Waals surface area (Å²) in [6, 6.07) is 9.20. The van der Waals surface area contributed by atoms with Crippen LogP contribution < -0.4 is 0 Å². The SMILES string of the molecule is CCCC(CCC)Cc1ccc(CC)cc1. The Morgan fingerprint density at radius 3 is 1.75 bits per heavy atom. The van der Waals surface area contributed by atoms with Crippen LogP contribution in [0.4, 0.5) is 0 Å². The van der Waals surface area contributed by atoms with E-state index in [0.717, 1.165) is 12.3 Å². The molecule has 0 radical (unpaired) electrons. The van der Waals surface area contributed by atoms with E-state index >= 15 is 0 Å². The summed E-state index contributed by atoms with van der Waals surface area (Å²) in [5.41, 5.74) is 2.97. The topological polar surface area (TPSA) is 0 Å². The molecular weight excluding hydrogens is 192 g/mol. The lowest BCUT2D eigenvalue weighted by Gasteiger charge is -2.15. The van der Waals surface area contributed by atoms with Crippen LogP contribution in [-0.4, -0.2) is 0 Å². The Morgan fingerprint density at radius 1 is 0.812 bits per heavy atom. The van der Waals surface area contributed by atoms with Gasteiger partial charge in [-0.15, -0.1) is 0 Å². The van der Waals surface area contributed by atoms with Crippen molar-refractivity contribution in [1.82, 2.24) is 0 Å². The molecule has 16 heavy (non-hydrogen) atoms. The molecule has 0 spiro atoms. The molecule has 0 saturated carbocycles. The number of benzene rings is 1. The Balaban J connectivity index is 2.54. The molecular formula is C16H26. The maximum absolute atomic E-state index is 2.32. The zero-order valence-corrected chi connectivity index (χ0v) is 11.1. The number of hydrogen-bond acceptors (Lipinski definition) is 0. The maximum atomic E-state index is 2.32. The summed E-state index contributed by atoms with van der Waals surface area (Å²) in [5, 5.41) is 0. The predicted octanol–water partition coefficient (Wildman–Crippen LogP) is 5.01. The largest absolute Gasteiger partial charge is 0.0654 e. The highest BCUT2D eigenvalue weighted by Crippen LogP contribution is 2.19. The average Bonchev–Trinajstić information content (AvgIpc) is 2.31. The quantitative estimate of drug-likeness (QED) is 0.603. The fourth-order valence-corrected chi connectivity index (χ4v) is 2.41. The van der Waals surface area contributed by atoms with Gasteiger partial charge in [0, 0.05) is 0 Å². The smallest absolute Gasteiger partial charge is 0.0250 e. The molecule has 0 heterocycles. The van der Waals surface area contributed by atoms with Crippen LogP contribution in [0.15, 0.2) is 24.3 Å². The number of rotatable bonds is 7. The van der Waals surface area contributed by atoms with Crippen LogP contribution in [0.2, 0.25) is 0 Å². The third-order valence-corrected chi connectivity index (χ3v) is 3.35. The zero-order valence-electron chi connectivity index (χ0n) is 11.1. The van der Waals surface area contributed by atoms with Gasteiger partial charge >= 0.3 is 0 Å². The van der Waals surface area contributed by atoms with Gasteiger partial charge in [0.05, 0.1) is 0 Å². The van der Waals surface area contributed by atoms with Crippen LogP contribution in [-0.2, 0) is 12.8 Å². The molecule has 0 amide bonds. The molecule has 1 aromatic carbocycles. The van der Waals surface area contributed by atoms with Gasteiger partial charge in [0.15, 0.2) is 0 Å². The zero-order chi connectivity index (χ0) is 11.8. The molecule has 90 valence electrons. The first-order valence-corrected chi connectivity index (χ1v) is 6.87. The fraction of sp³-hybridized carbons (Fsp3) is 0.625. The van der Waals surface area contributed by atoms with Crippen LogP contribution in [0.1, 0.15) is 57.6 Å². The van der Waals surface area contributed by atoms with E-state index in [2.05, 4.69) is 45.0 Å². The first kappa shape index (κ1) is 13.3. The second-order valence-electron chi connectivity index (χ2n) is 4.82. The van der Waals surface area contributed by atoms with Gasteiger partial charge in [0.1, 0.15) is 0 Å². The Bertz CT molecular complexity index is 265. The second kappa shape index (κ2) is 7.49. The average molecular weight is 218 g/mol. The molecule has 0 nitrogen and oxygen atoms in total. The predicted molar refractivity (Wildman–Crippen MR) is 72.8 cm³/mol. The van der Waals surface area contributed by atoms with Gasteiger partial charge in [-0.3, -0.25) is 0 Å². The number of hydrogen-bond donors (Lipinski definition) is 0. The highest BCUT2D eigenvalue weighted by Gasteiger charge is 2.07. The van der Waals surface area contributed by atoms with E-state index in [0.29, 0.717) is 0 Å². The van der Waals surface area contributed by atoms with E-state index < -0.39 is 0 Å².